The second-order valence-corrected chi connectivity index (χ2v) is 6.85. The molecule has 0 aliphatic rings. The quantitative estimate of drug-likeness (QED) is 0.778. The molecule has 124 valence electrons. The van der Waals surface area contributed by atoms with E-state index < -0.39 is 27.1 Å². The van der Waals surface area contributed by atoms with Gasteiger partial charge in [0.2, 0.25) is 10.0 Å². The second kappa shape index (κ2) is 6.88. The summed E-state index contributed by atoms with van der Waals surface area (Å²) in [7, 11) is -3.66. The molecule has 0 saturated carbocycles. The topological polar surface area (TPSA) is 101 Å². The van der Waals surface area contributed by atoms with E-state index in [0.717, 1.165) is 0 Å². The molecule has 1 heterocycles. The third kappa shape index (κ3) is 4.86. The van der Waals surface area contributed by atoms with Crippen LogP contribution in [0.5, 0.6) is 0 Å². The van der Waals surface area contributed by atoms with Crippen molar-refractivity contribution < 1.29 is 12.8 Å². The molecular formula is C14H16FN3O4S. The highest BCUT2D eigenvalue weighted by atomic mass is 32.2. The van der Waals surface area contributed by atoms with Crippen molar-refractivity contribution in [2.24, 2.45) is 0 Å². The molecule has 2 N–H and O–H groups in total. The molecule has 0 unspecified atom stereocenters. The lowest BCUT2D eigenvalue weighted by Gasteiger charge is -2.08. The van der Waals surface area contributed by atoms with Crippen LogP contribution >= 0.6 is 0 Å². The van der Waals surface area contributed by atoms with Crippen molar-refractivity contribution in [3.8, 4) is 0 Å². The molecule has 0 saturated heterocycles. The zero-order chi connectivity index (χ0) is 17.0. The second-order valence-electron chi connectivity index (χ2n) is 5.04. The monoisotopic (exact) mass is 341 g/mol. The van der Waals surface area contributed by atoms with Crippen molar-refractivity contribution in [1.29, 1.82) is 0 Å². The van der Waals surface area contributed by atoms with Crippen LogP contribution in [0.25, 0.3) is 0 Å². The highest BCUT2D eigenvalue weighted by Gasteiger charge is 2.12. The number of aromatic nitrogens is 2. The number of rotatable bonds is 6. The Bertz CT molecular complexity index is 918. The van der Waals surface area contributed by atoms with Crippen LogP contribution in [0.3, 0.4) is 0 Å². The van der Waals surface area contributed by atoms with Gasteiger partial charge >= 0.3 is 5.69 Å². The van der Waals surface area contributed by atoms with Gasteiger partial charge in [-0.15, -0.1) is 0 Å². The summed E-state index contributed by atoms with van der Waals surface area (Å²) < 4.78 is 40.8. The Morgan fingerprint density at radius 1 is 1.26 bits per heavy atom. The van der Waals surface area contributed by atoms with E-state index in [0.29, 0.717) is 11.1 Å². The van der Waals surface area contributed by atoms with Gasteiger partial charge in [-0.2, -0.15) is 0 Å². The molecule has 0 amide bonds. The van der Waals surface area contributed by atoms with E-state index in [1.54, 1.807) is 13.0 Å². The van der Waals surface area contributed by atoms with Crippen LogP contribution < -0.4 is 16.0 Å². The summed E-state index contributed by atoms with van der Waals surface area (Å²) in [6.45, 7) is 1.63. The van der Waals surface area contributed by atoms with Gasteiger partial charge in [0.15, 0.2) is 0 Å². The molecule has 7 nitrogen and oxygen atoms in total. The van der Waals surface area contributed by atoms with E-state index in [9.17, 15) is 22.4 Å². The smallest absolute Gasteiger partial charge is 0.299 e. The number of nitrogens with zero attached hydrogens (tertiary/aromatic N) is 1. The molecular weight excluding hydrogens is 325 g/mol. The summed E-state index contributed by atoms with van der Waals surface area (Å²) in [5.41, 5.74) is -0.358. The fraction of sp³-hybridized carbons (Fsp3) is 0.286. The lowest BCUT2D eigenvalue weighted by Crippen LogP contribution is -2.34. The van der Waals surface area contributed by atoms with Crippen LogP contribution in [0.1, 0.15) is 11.1 Å². The maximum atomic E-state index is 13.4. The van der Waals surface area contributed by atoms with Crippen molar-refractivity contribution in [3.05, 3.63) is 68.2 Å². The Morgan fingerprint density at radius 3 is 2.65 bits per heavy atom. The van der Waals surface area contributed by atoms with Crippen LogP contribution in [0, 0.1) is 12.7 Å². The Hall–Kier alpha value is -2.26. The third-order valence-electron chi connectivity index (χ3n) is 3.16. The van der Waals surface area contributed by atoms with Gasteiger partial charge in [-0.3, -0.25) is 14.3 Å². The zero-order valence-electron chi connectivity index (χ0n) is 12.4. The first-order valence-electron chi connectivity index (χ1n) is 6.79. The number of aromatic amines is 1. The van der Waals surface area contributed by atoms with Gasteiger partial charge in [0.1, 0.15) is 5.82 Å². The average molecular weight is 341 g/mol. The van der Waals surface area contributed by atoms with Gasteiger partial charge in [0.05, 0.1) is 5.75 Å². The summed E-state index contributed by atoms with van der Waals surface area (Å²) >= 11 is 0. The zero-order valence-corrected chi connectivity index (χ0v) is 13.2. The number of hydrogen-bond donors (Lipinski definition) is 2. The van der Waals surface area contributed by atoms with Gasteiger partial charge < -0.3 is 0 Å². The SMILES string of the molecule is Cc1ccc(CS(=O)(=O)NCCn2ccc(=O)[nH]c2=O)cc1F. The molecule has 0 bridgehead atoms. The highest BCUT2D eigenvalue weighted by Crippen LogP contribution is 2.11. The minimum absolute atomic E-state index is 0.0252. The fourth-order valence-electron chi connectivity index (χ4n) is 1.94. The molecule has 0 aliphatic carbocycles. The van der Waals surface area contributed by atoms with E-state index >= 15 is 0 Å². The van der Waals surface area contributed by atoms with E-state index in [-0.39, 0.29) is 18.8 Å². The van der Waals surface area contributed by atoms with Crippen molar-refractivity contribution in [1.82, 2.24) is 14.3 Å². The molecule has 0 spiro atoms. The molecule has 0 atom stereocenters. The van der Waals surface area contributed by atoms with Gasteiger partial charge in [0.25, 0.3) is 5.56 Å². The number of sulfonamides is 1. The Balaban J connectivity index is 1.97. The number of aryl methyl sites for hydroxylation is 1. The molecule has 1 aromatic carbocycles. The van der Waals surface area contributed by atoms with E-state index in [1.807, 2.05) is 0 Å². The van der Waals surface area contributed by atoms with E-state index in [4.69, 9.17) is 0 Å². The molecule has 2 aromatic rings. The minimum atomic E-state index is -3.66. The predicted octanol–water partition coefficient (Wildman–Crippen LogP) is 0.104. The normalized spacial score (nSPS) is 11.6. The van der Waals surface area contributed by atoms with Crippen LogP contribution in [0.2, 0.25) is 0 Å². The van der Waals surface area contributed by atoms with Crippen molar-refractivity contribution >= 4 is 10.0 Å². The van der Waals surface area contributed by atoms with Crippen molar-refractivity contribution in [2.75, 3.05) is 6.54 Å². The number of H-pyrrole nitrogens is 1. The van der Waals surface area contributed by atoms with E-state index in [2.05, 4.69) is 9.71 Å². The molecule has 1 aromatic heterocycles. The van der Waals surface area contributed by atoms with Gasteiger partial charge in [-0.1, -0.05) is 12.1 Å². The van der Waals surface area contributed by atoms with Crippen LogP contribution in [-0.4, -0.2) is 24.5 Å². The fourth-order valence-corrected chi connectivity index (χ4v) is 3.06. The Morgan fingerprint density at radius 2 is 2.00 bits per heavy atom. The number of halogens is 1. The van der Waals surface area contributed by atoms with Crippen molar-refractivity contribution in [3.63, 3.8) is 0 Å². The summed E-state index contributed by atoms with van der Waals surface area (Å²) in [5.74, 6) is -0.817. The van der Waals surface area contributed by atoms with Gasteiger partial charge in [-0.25, -0.2) is 22.3 Å². The van der Waals surface area contributed by atoms with E-state index in [1.165, 1.54) is 29.0 Å². The maximum Gasteiger partial charge on any atom is 0.328 e. The standard InChI is InChI=1S/C14H16FN3O4S/c1-10-2-3-11(8-12(10)15)9-23(21,22)16-5-7-18-6-4-13(19)17-14(18)20/h2-4,6,8,16H,5,7,9H2,1H3,(H,17,19,20). The first-order valence-corrected chi connectivity index (χ1v) is 8.44. The summed E-state index contributed by atoms with van der Waals surface area (Å²) in [6.07, 6.45) is 1.28. The maximum absolute atomic E-state index is 13.4. The Kier molecular flexibility index (Phi) is 5.12. The first-order chi connectivity index (χ1) is 10.8. The molecule has 0 radical (unpaired) electrons. The highest BCUT2D eigenvalue weighted by molar-refractivity contribution is 7.88. The molecule has 2 rings (SSSR count). The van der Waals surface area contributed by atoms with Crippen LogP contribution in [0.4, 0.5) is 4.39 Å². The van der Waals surface area contributed by atoms with Gasteiger partial charge in [-0.05, 0) is 24.1 Å². The molecule has 23 heavy (non-hydrogen) atoms. The summed E-state index contributed by atoms with van der Waals surface area (Å²) in [4.78, 5) is 24.4. The lowest BCUT2D eigenvalue weighted by atomic mass is 10.2. The molecule has 0 fully saturated rings. The number of benzene rings is 1. The summed E-state index contributed by atoms with van der Waals surface area (Å²) in [6, 6.07) is 5.41. The first kappa shape index (κ1) is 17.1. The predicted molar refractivity (Wildman–Crippen MR) is 83.1 cm³/mol. The number of hydrogen-bond acceptors (Lipinski definition) is 4. The van der Waals surface area contributed by atoms with Crippen LogP contribution in [-0.2, 0) is 22.3 Å². The third-order valence-corrected chi connectivity index (χ3v) is 4.52. The molecule has 0 aliphatic heterocycles. The largest absolute Gasteiger partial charge is 0.328 e. The average Bonchev–Trinajstić information content (AvgIpc) is 2.45. The Labute approximate surface area is 131 Å². The minimum Gasteiger partial charge on any atom is -0.299 e. The van der Waals surface area contributed by atoms with Gasteiger partial charge in [0, 0.05) is 25.4 Å². The van der Waals surface area contributed by atoms with Crippen molar-refractivity contribution in [2.45, 2.75) is 19.2 Å². The van der Waals surface area contributed by atoms with Crippen LogP contribution in [0.15, 0.2) is 40.1 Å². The lowest BCUT2D eigenvalue weighted by molar-refractivity contribution is 0.566. The molecule has 9 heteroatoms. The number of nitrogens with one attached hydrogen (secondary N) is 2. The summed E-state index contributed by atoms with van der Waals surface area (Å²) in [5, 5.41) is 0.